The number of fused-ring (bicyclic) bond motifs is 1. The maximum Gasteiger partial charge on any atom is 0.134 e. The third-order valence-electron chi connectivity index (χ3n) is 2.91. The molecule has 3 rings (SSSR count). The molecule has 1 aromatic heterocycles. The first-order valence-electron chi connectivity index (χ1n) is 5.60. The highest BCUT2D eigenvalue weighted by Crippen LogP contribution is 2.26. The quantitative estimate of drug-likeness (QED) is 0.636. The summed E-state index contributed by atoms with van der Waals surface area (Å²) in [7, 11) is 0. The Morgan fingerprint density at radius 3 is 2.28 bits per heavy atom. The normalized spacial score (nSPS) is 10.7. The Morgan fingerprint density at radius 1 is 0.778 bits per heavy atom. The Labute approximate surface area is 104 Å². The van der Waals surface area contributed by atoms with E-state index in [4.69, 9.17) is 11.5 Å². The molecule has 0 fully saturated rings. The molecule has 0 amide bonds. The van der Waals surface area contributed by atoms with Crippen molar-refractivity contribution in [2.75, 3.05) is 11.5 Å². The molecule has 88 valence electrons. The van der Waals surface area contributed by atoms with Crippen molar-refractivity contribution >= 4 is 22.4 Å². The largest absolute Gasteiger partial charge is 0.399 e. The molecule has 0 bridgehead atoms. The summed E-state index contributed by atoms with van der Waals surface area (Å²) < 4.78 is 0. The van der Waals surface area contributed by atoms with Crippen molar-refractivity contribution in [3.05, 3.63) is 48.8 Å². The van der Waals surface area contributed by atoms with Crippen LogP contribution >= 0.6 is 0 Å². The van der Waals surface area contributed by atoms with E-state index in [-0.39, 0.29) is 0 Å². The van der Waals surface area contributed by atoms with Crippen LogP contribution in [0.3, 0.4) is 0 Å². The smallest absolute Gasteiger partial charge is 0.134 e. The Bertz CT molecular complexity index is 705. The number of rotatable bonds is 1. The summed E-state index contributed by atoms with van der Waals surface area (Å²) >= 11 is 0. The molecule has 0 saturated heterocycles. The first kappa shape index (κ1) is 10.5. The molecule has 4 nitrogen and oxygen atoms in total. The van der Waals surface area contributed by atoms with Crippen LogP contribution in [0.25, 0.3) is 22.0 Å². The maximum absolute atomic E-state index is 5.86. The third-order valence-corrected chi connectivity index (χ3v) is 2.91. The van der Waals surface area contributed by atoms with E-state index in [9.17, 15) is 0 Å². The standard InChI is InChI=1S/C14H12N4/c15-11-4-1-9(2-5-11)10-3-6-13-12(7-10)14(16)18-8-17-13/h1-8H,15H2,(H2,16,17,18). The van der Waals surface area contributed by atoms with E-state index >= 15 is 0 Å². The van der Waals surface area contributed by atoms with E-state index in [1.807, 2.05) is 42.5 Å². The highest BCUT2D eigenvalue weighted by Gasteiger charge is 2.03. The summed E-state index contributed by atoms with van der Waals surface area (Å²) in [5, 5.41) is 0.867. The molecule has 0 unspecified atom stereocenters. The summed E-state index contributed by atoms with van der Waals surface area (Å²) in [5.41, 5.74) is 15.3. The molecule has 0 radical (unpaired) electrons. The van der Waals surface area contributed by atoms with Crippen LogP contribution < -0.4 is 11.5 Å². The lowest BCUT2D eigenvalue weighted by Gasteiger charge is -2.05. The van der Waals surface area contributed by atoms with Gasteiger partial charge in [-0.3, -0.25) is 0 Å². The zero-order valence-corrected chi connectivity index (χ0v) is 9.67. The number of hydrogen-bond acceptors (Lipinski definition) is 4. The number of nitrogens with two attached hydrogens (primary N) is 2. The zero-order valence-electron chi connectivity index (χ0n) is 9.67. The topological polar surface area (TPSA) is 77.8 Å². The lowest BCUT2D eigenvalue weighted by atomic mass is 10.0. The van der Waals surface area contributed by atoms with E-state index in [0.29, 0.717) is 5.82 Å². The van der Waals surface area contributed by atoms with Gasteiger partial charge in [0.1, 0.15) is 12.1 Å². The zero-order chi connectivity index (χ0) is 12.5. The summed E-state index contributed by atoms with van der Waals surface area (Å²) in [4.78, 5) is 8.18. The second kappa shape index (κ2) is 4.00. The first-order valence-corrected chi connectivity index (χ1v) is 5.60. The minimum Gasteiger partial charge on any atom is -0.399 e. The van der Waals surface area contributed by atoms with E-state index in [2.05, 4.69) is 9.97 Å². The third kappa shape index (κ3) is 1.73. The van der Waals surface area contributed by atoms with E-state index in [1.165, 1.54) is 6.33 Å². The highest BCUT2D eigenvalue weighted by molar-refractivity contribution is 5.91. The molecule has 2 aromatic carbocycles. The van der Waals surface area contributed by atoms with Gasteiger partial charge < -0.3 is 11.5 Å². The molecule has 1 heterocycles. The van der Waals surface area contributed by atoms with Gasteiger partial charge in [0.15, 0.2) is 0 Å². The van der Waals surface area contributed by atoms with Gasteiger partial charge in [0.2, 0.25) is 0 Å². The van der Waals surface area contributed by atoms with Gasteiger partial charge in [-0.15, -0.1) is 0 Å². The summed E-state index contributed by atoms with van der Waals surface area (Å²) in [6.07, 6.45) is 1.47. The number of benzene rings is 2. The van der Waals surface area contributed by atoms with Crippen LogP contribution in [0, 0.1) is 0 Å². The molecule has 3 aromatic rings. The molecule has 4 heteroatoms. The van der Waals surface area contributed by atoms with Crippen LogP contribution in [-0.4, -0.2) is 9.97 Å². The Balaban J connectivity index is 2.18. The van der Waals surface area contributed by atoms with Gasteiger partial charge in [-0.1, -0.05) is 18.2 Å². The van der Waals surface area contributed by atoms with Gasteiger partial charge in [-0.25, -0.2) is 9.97 Å². The van der Waals surface area contributed by atoms with Crippen molar-refractivity contribution in [1.29, 1.82) is 0 Å². The lowest BCUT2D eigenvalue weighted by molar-refractivity contribution is 1.23. The molecule has 4 N–H and O–H groups in total. The number of anilines is 2. The van der Waals surface area contributed by atoms with Crippen LogP contribution in [0.5, 0.6) is 0 Å². The number of nitrogens with zero attached hydrogens (tertiary/aromatic N) is 2. The van der Waals surface area contributed by atoms with Crippen molar-refractivity contribution < 1.29 is 0 Å². The molecular weight excluding hydrogens is 224 g/mol. The van der Waals surface area contributed by atoms with Crippen molar-refractivity contribution in [2.24, 2.45) is 0 Å². The van der Waals surface area contributed by atoms with Gasteiger partial charge in [0.05, 0.1) is 5.52 Å². The fourth-order valence-electron chi connectivity index (χ4n) is 1.93. The van der Waals surface area contributed by atoms with Crippen LogP contribution in [0.4, 0.5) is 11.5 Å². The summed E-state index contributed by atoms with van der Waals surface area (Å²) in [6, 6.07) is 13.7. The predicted molar refractivity (Wildman–Crippen MR) is 73.8 cm³/mol. The second-order valence-corrected chi connectivity index (χ2v) is 4.11. The molecular formula is C14H12N4. The molecule has 0 aliphatic carbocycles. The monoisotopic (exact) mass is 236 g/mol. The second-order valence-electron chi connectivity index (χ2n) is 4.11. The van der Waals surface area contributed by atoms with Crippen LogP contribution in [0.15, 0.2) is 48.8 Å². The molecule has 18 heavy (non-hydrogen) atoms. The molecule has 0 atom stereocenters. The fourth-order valence-corrected chi connectivity index (χ4v) is 1.93. The Kier molecular flexibility index (Phi) is 2.34. The molecule has 0 saturated carbocycles. The average molecular weight is 236 g/mol. The van der Waals surface area contributed by atoms with Crippen LogP contribution in [-0.2, 0) is 0 Å². The number of aromatic nitrogens is 2. The van der Waals surface area contributed by atoms with E-state index in [0.717, 1.165) is 27.7 Å². The minimum absolute atomic E-state index is 0.497. The van der Waals surface area contributed by atoms with Crippen LogP contribution in [0.2, 0.25) is 0 Å². The van der Waals surface area contributed by atoms with Gasteiger partial charge >= 0.3 is 0 Å². The Hall–Kier alpha value is -2.62. The maximum atomic E-state index is 5.86. The molecule has 0 aliphatic rings. The molecule has 0 aliphatic heterocycles. The minimum atomic E-state index is 0.497. The summed E-state index contributed by atoms with van der Waals surface area (Å²) in [5.74, 6) is 0.497. The summed E-state index contributed by atoms with van der Waals surface area (Å²) in [6.45, 7) is 0. The van der Waals surface area contributed by atoms with Crippen molar-refractivity contribution in [3.63, 3.8) is 0 Å². The SMILES string of the molecule is Nc1ccc(-c2ccc3ncnc(N)c3c2)cc1. The van der Waals surface area contributed by atoms with Gasteiger partial charge in [0, 0.05) is 11.1 Å². The first-order chi connectivity index (χ1) is 8.74. The fraction of sp³-hybridized carbons (Fsp3) is 0. The Morgan fingerprint density at radius 2 is 1.50 bits per heavy atom. The van der Waals surface area contributed by atoms with Crippen LogP contribution in [0.1, 0.15) is 0 Å². The van der Waals surface area contributed by atoms with Crippen molar-refractivity contribution in [3.8, 4) is 11.1 Å². The van der Waals surface area contributed by atoms with Gasteiger partial charge in [0.25, 0.3) is 0 Å². The van der Waals surface area contributed by atoms with E-state index < -0.39 is 0 Å². The highest BCUT2D eigenvalue weighted by atomic mass is 14.9. The number of nitrogen functional groups attached to an aromatic ring is 2. The average Bonchev–Trinajstić information content (AvgIpc) is 2.40. The van der Waals surface area contributed by atoms with Gasteiger partial charge in [-0.05, 0) is 35.4 Å². The van der Waals surface area contributed by atoms with Crippen molar-refractivity contribution in [2.45, 2.75) is 0 Å². The number of hydrogen-bond donors (Lipinski definition) is 2. The van der Waals surface area contributed by atoms with E-state index in [1.54, 1.807) is 0 Å². The lowest BCUT2D eigenvalue weighted by Crippen LogP contribution is -1.93. The van der Waals surface area contributed by atoms with Gasteiger partial charge in [-0.2, -0.15) is 0 Å². The van der Waals surface area contributed by atoms with Crippen molar-refractivity contribution in [1.82, 2.24) is 9.97 Å². The molecule has 0 spiro atoms. The predicted octanol–water partition coefficient (Wildman–Crippen LogP) is 2.46.